The number of rotatable bonds is 6. The Kier molecular flexibility index (Phi) is 6.47. The molecule has 0 aromatic carbocycles. The van der Waals surface area contributed by atoms with Gasteiger partial charge in [0.05, 0.1) is 29.5 Å². The van der Waals surface area contributed by atoms with E-state index in [0.717, 1.165) is 42.7 Å². The molecule has 0 radical (unpaired) electrons. The van der Waals surface area contributed by atoms with E-state index in [1.807, 2.05) is 0 Å². The second-order valence-electron chi connectivity index (χ2n) is 6.59. The number of fused-ring (bicyclic) bond motifs is 1. The summed E-state index contributed by atoms with van der Waals surface area (Å²) in [6.07, 6.45) is -2.56. The Morgan fingerprint density at radius 1 is 1.36 bits per heavy atom. The van der Waals surface area contributed by atoms with Gasteiger partial charge in [0.25, 0.3) is 5.91 Å². The Bertz CT molecular complexity index is 847. The number of imidazole rings is 1. The first kappa shape index (κ1) is 20.9. The lowest BCUT2D eigenvalue weighted by Crippen LogP contribution is -2.38. The quantitative estimate of drug-likeness (QED) is 0.733. The Morgan fingerprint density at radius 2 is 2.07 bits per heavy atom. The van der Waals surface area contributed by atoms with Crippen LogP contribution >= 0.6 is 11.6 Å². The van der Waals surface area contributed by atoms with Crippen molar-refractivity contribution in [1.29, 1.82) is 0 Å². The van der Waals surface area contributed by atoms with Crippen LogP contribution in [0.2, 0.25) is 5.02 Å². The van der Waals surface area contributed by atoms with Gasteiger partial charge in [0.2, 0.25) is 0 Å². The predicted molar refractivity (Wildman–Crippen MR) is 98.8 cm³/mol. The maximum absolute atomic E-state index is 13.1. The number of aromatic nitrogens is 2. The van der Waals surface area contributed by atoms with Gasteiger partial charge in [-0.05, 0) is 25.5 Å². The highest BCUT2D eigenvalue weighted by molar-refractivity contribution is 6.33. The normalized spacial score (nSPS) is 15.9. The Morgan fingerprint density at radius 3 is 2.71 bits per heavy atom. The van der Waals surface area contributed by atoms with E-state index in [4.69, 9.17) is 16.3 Å². The lowest BCUT2D eigenvalue weighted by molar-refractivity contribution is -0.137. The molecule has 1 aliphatic rings. The molecule has 0 bridgehead atoms. The molecule has 1 N–H and O–H groups in total. The highest BCUT2D eigenvalue weighted by Gasteiger charge is 2.33. The van der Waals surface area contributed by atoms with Crippen molar-refractivity contribution in [2.24, 2.45) is 0 Å². The first-order valence-corrected chi connectivity index (χ1v) is 9.55. The van der Waals surface area contributed by atoms with Gasteiger partial charge in [-0.1, -0.05) is 18.5 Å². The third-order valence-electron chi connectivity index (χ3n) is 4.66. The zero-order chi connectivity index (χ0) is 20.3. The van der Waals surface area contributed by atoms with E-state index >= 15 is 0 Å². The van der Waals surface area contributed by atoms with Crippen molar-refractivity contribution in [3.63, 3.8) is 0 Å². The average molecular weight is 419 g/mol. The van der Waals surface area contributed by atoms with Crippen LogP contribution in [0.25, 0.3) is 5.65 Å². The number of nitrogens with zero attached hydrogens (tertiary/aromatic N) is 3. The molecule has 1 saturated heterocycles. The number of carbonyl (C=O) groups is 1. The van der Waals surface area contributed by atoms with E-state index in [-0.39, 0.29) is 16.4 Å². The van der Waals surface area contributed by atoms with Gasteiger partial charge in [-0.3, -0.25) is 14.1 Å². The topological polar surface area (TPSA) is 58.9 Å². The number of alkyl halides is 3. The lowest BCUT2D eigenvalue weighted by Gasteiger charge is -2.26. The second kappa shape index (κ2) is 8.67. The minimum atomic E-state index is -4.57. The van der Waals surface area contributed by atoms with Crippen LogP contribution in [-0.4, -0.2) is 59.6 Å². The van der Waals surface area contributed by atoms with Crippen LogP contribution in [0.5, 0.6) is 0 Å². The molecule has 2 aromatic heterocycles. The van der Waals surface area contributed by atoms with E-state index in [0.29, 0.717) is 31.9 Å². The number of hydrogen-bond donors (Lipinski definition) is 1. The number of amides is 1. The molecule has 3 heterocycles. The van der Waals surface area contributed by atoms with Gasteiger partial charge in [0.1, 0.15) is 5.69 Å². The minimum Gasteiger partial charge on any atom is -0.379 e. The molecule has 10 heteroatoms. The number of ether oxygens (including phenoxy) is 1. The largest absolute Gasteiger partial charge is 0.417 e. The van der Waals surface area contributed by atoms with E-state index < -0.39 is 17.6 Å². The Hall–Kier alpha value is -1.84. The fourth-order valence-corrected chi connectivity index (χ4v) is 3.46. The smallest absolute Gasteiger partial charge is 0.379 e. The van der Waals surface area contributed by atoms with Crippen LogP contribution in [0.15, 0.2) is 12.3 Å². The summed E-state index contributed by atoms with van der Waals surface area (Å²) in [6.45, 7) is 6.16. The lowest BCUT2D eigenvalue weighted by atomic mass is 10.2. The molecular formula is C18H22ClF3N4O2. The van der Waals surface area contributed by atoms with E-state index in [1.54, 1.807) is 6.92 Å². The van der Waals surface area contributed by atoms with E-state index in [1.165, 1.54) is 0 Å². The van der Waals surface area contributed by atoms with Gasteiger partial charge in [0.15, 0.2) is 5.65 Å². The van der Waals surface area contributed by atoms with Crippen LogP contribution < -0.4 is 5.32 Å². The molecule has 0 spiro atoms. The fourth-order valence-electron chi connectivity index (χ4n) is 3.21. The first-order valence-electron chi connectivity index (χ1n) is 9.17. The van der Waals surface area contributed by atoms with Gasteiger partial charge in [0, 0.05) is 25.8 Å². The van der Waals surface area contributed by atoms with Crippen molar-refractivity contribution in [3.8, 4) is 0 Å². The first-order chi connectivity index (χ1) is 13.3. The molecule has 0 unspecified atom stereocenters. The summed E-state index contributed by atoms with van der Waals surface area (Å²) in [5, 5.41) is 2.64. The summed E-state index contributed by atoms with van der Waals surface area (Å²) in [5.41, 5.74) is -0.278. The van der Waals surface area contributed by atoms with Crippen molar-refractivity contribution >= 4 is 23.2 Å². The van der Waals surface area contributed by atoms with Gasteiger partial charge >= 0.3 is 6.18 Å². The van der Waals surface area contributed by atoms with Crippen molar-refractivity contribution in [3.05, 3.63) is 34.2 Å². The standard InChI is InChI=1S/C18H22ClF3N4O2/c1-2-14-15(17(27)23-4-3-5-25-6-8-28-9-7-25)26-11-12(18(20,21)22)10-13(19)16(26)24-14/h10-11H,2-9H2,1H3,(H,23,27). The molecule has 1 amide bonds. The number of aryl methyl sites for hydroxylation is 1. The maximum Gasteiger partial charge on any atom is 0.417 e. The summed E-state index contributed by atoms with van der Waals surface area (Å²) < 4.78 is 45.8. The molecule has 0 saturated carbocycles. The number of nitrogens with one attached hydrogen (secondary N) is 1. The number of pyridine rings is 1. The summed E-state index contributed by atoms with van der Waals surface area (Å²) in [5.74, 6) is -0.457. The highest BCUT2D eigenvalue weighted by Crippen LogP contribution is 2.33. The Labute approximate surface area is 165 Å². The third-order valence-corrected chi connectivity index (χ3v) is 4.94. The molecule has 6 nitrogen and oxygen atoms in total. The fraction of sp³-hybridized carbons (Fsp3) is 0.556. The summed E-state index contributed by atoms with van der Waals surface area (Å²) in [4.78, 5) is 19.2. The van der Waals surface area contributed by atoms with Crippen molar-refractivity contribution in [2.75, 3.05) is 39.4 Å². The maximum atomic E-state index is 13.1. The van der Waals surface area contributed by atoms with Crippen molar-refractivity contribution in [1.82, 2.24) is 19.6 Å². The number of halogens is 4. The highest BCUT2D eigenvalue weighted by atomic mass is 35.5. The summed E-state index contributed by atoms with van der Waals surface area (Å²) in [6, 6.07) is 0.827. The van der Waals surface area contributed by atoms with Crippen LogP contribution in [0, 0.1) is 0 Å². The minimum absolute atomic E-state index is 0.0943. The summed E-state index contributed by atoms with van der Waals surface area (Å²) in [7, 11) is 0. The van der Waals surface area contributed by atoms with E-state index in [2.05, 4.69) is 15.2 Å². The molecule has 154 valence electrons. The molecule has 1 fully saturated rings. The van der Waals surface area contributed by atoms with Crippen LogP contribution in [0.3, 0.4) is 0 Å². The molecule has 2 aromatic rings. The van der Waals surface area contributed by atoms with Crippen LogP contribution in [-0.2, 0) is 17.3 Å². The molecule has 1 aliphatic heterocycles. The molecular weight excluding hydrogens is 397 g/mol. The van der Waals surface area contributed by atoms with Crippen LogP contribution in [0.4, 0.5) is 13.2 Å². The van der Waals surface area contributed by atoms with Crippen molar-refractivity contribution in [2.45, 2.75) is 25.9 Å². The predicted octanol–water partition coefficient (Wildman–Crippen LogP) is 3.02. The Balaban J connectivity index is 1.76. The van der Waals surface area contributed by atoms with Crippen LogP contribution in [0.1, 0.15) is 35.1 Å². The summed E-state index contributed by atoms with van der Waals surface area (Å²) >= 11 is 6.00. The average Bonchev–Trinajstić information content (AvgIpc) is 3.04. The number of carbonyl (C=O) groups excluding carboxylic acids is 1. The SMILES string of the molecule is CCc1nc2c(Cl)cc(C(F)(F)F)cn2c1C(=O)NCCCN1CCOCC1. The van der Waals surface area contributed by atoms with Gasteiger partial charge < -0.3 is 10.1 Å². The number of hydrogen-bond acceptors (Lipinski definition) is 4. The zero-order valence-corrected chi connectivity index (χ0v) is 16.2. The van der Waals surface area contributed by atoms with E-state index in [9.17, 15) is 18.0 Å². The van der Waals surface area contributed by atoms with Gasteiger partial charge in [-0.15, -0.1) is 0 Å². The second-order valence-corrected chi connectivity index (χ2v) is 7.00. The van der Waals surface area contributed by atoms with Gasteiger partial charge in [-0.25, -0.2) is 4.98 Å². The molecule has 0 atom stereocenters. The molecule has 3 rings (SSSR count). The van der Waals surface area contributed by atoms with Crippen molar-refractivity contribution < 1.29 is 22.7 Å². The monoisotopic (exact) mass is 418 g/mol. The third kappa shape index (κ3) is 4.59. The molecule has 28 heavy (non-hydrogen) atoms. The molecule has 0 aliphatic carbocycles. The number of morpholine rings is 1. The zero-order valence-electron chi connectivity index (χ0n) is 15.5. The van der Waals surface area contributed by atoms with Gasteiger partial charge in [-0.2, -0.15) is 13.2 Å².